The smallest absolute Gasteiger partial charge is 0.147 e. The molecule has 0 bridgehead atoms. The molecule has 0 radical (unpaired) electrons. The fourth-order valence-corrected chi connectivity index (χ4v) is 1.47. The highest BCUT2D eigenvalue weighted by atomic mass is 35.7. The fraction of sp³-hybridized carbons (Fsp3) is 0.250. The maximum Gasteiger partial charge on any atom is 0.147 e. The van der Waals surface area contributed by atoms with E-state index in [1.165, 1.54) is 0 Å². The third kappa shape index (κ3) is 2.50. The molecule has 66 valence electrons. The van der Waals surface area contributed by atoms with E-state index in [-0.39, 0.29) is 0 Å². The van der Waals surface area contributed by atoms with Gasteiger partial charge in [0, 0.05) is 0 Å². The predicted octanol–water partition coefficient (Wildman–Crippen LogP) is 2.35. The van der Waals surface area contributed by atoms with Gasteiger partial charge in [-0.1, -0.05) is 0 Å². The minimum atomic E-state index is -1.42. The van der Waals surface area contributed by atoms with Crippen molar-refractivity contribution in [2.75, 3.05) is 6.61 Å². The monoisotopic (exact) mass is 204 g/mol. The van der Waals surface area contributed by atoms with Gasteiger partial charge >= 0.3 is 0 Å². The Bertz CT molecular complexity index is 271. The van der Waals surface area contributed by atoms with Gasteiger partial charge in [0.1, 0.15) is 15.8 Å². The van der Waals surface area contributed by atoms with Crippen molar-refractivity contribution < 1.29 is 8.95 Å². The van der Waals surface area contributed by atoms with Crippen LogP contribution in [0, 0.1) is 0 Å². The van der Waals surface area contributed by atoms with Gasteiger partial charge in [-0.2, -0.15) is 0 Å². The molecule has 1 atom stereocenters. The van der Waals surface area contributed by atoms with E-state index >= 15 is 0 Å². The summed E-state index contributed by atoms with van der Waals surface area (Å²) in [6.45, 7) is 2.54. The Kier molecular flexibility index (Phi) is 3.56. The summed E-state index contributed by atoms with van der Waals surface area (Å²) in [6.07, 6.45) is 0. The highest BCUT2D eigenvalue weighted by molar-refractivity contribution is 8.08. The van der Waals surface area contributed by atoms with Crippen LogP contribution in [0.25, 0.3) is 0 Å². The predicted molar refractivity (Wildman–Crippen MR) is 49.9 cm³/mol. The van der Waals surface area contributed by atoms with Crippen LogP contribution in [0.4, 0.5) is 0 Å². The van der Waals surface area contributed by atoms with Crippen molar-refractivity contribution in [1.82, 2.24) is 0 Å². The topological polar surface area (TPSA) is 26.3 Å². The maximum atomic E-state index is 10.8. The van der Waals surface area contributed by atoms with Gasteiger partial charge in [0.2, 0.25) is 0 Å². The second-order valence-electron chi connectivity index (χ2n) is 2.13. The van der Waals surface area contributed by atoms with Crippen molar-refractivity contribution in [3.8, 4) is 5.75 Å². The first-order chi connectivity index (χ1) is 5.74. The number of benzene rings is 1. The zero-order valence-corrected chi connectivity index (χ0v) is 8.19. The molecular weight excluding hydrogens is 196 g/mol. The summed E-state index contributed by atoms with van der Waals surface area (Å²) in [5.41, 5.74) is 0. The van der Waals surface area contributed by atoms with E-state index in [2.05, 4.69) is 0 Å². The molecule has 12 heavy (non-hydrogen) atoms. The second-order valence-corrected chi connectivity index (χ2v) is 3.89. The number of hydrogen-bond acceptors (Lipinski definition) is 2. The van der Waals surface area contributed by atoms with Gasteiger partial charge < -0.3 is 4.74 Å². The number of hydrogen-bond donors (Lipinski definition) is 0. The molecule has 1 unspecified atom stereocenters. The molecule has 2 nitrogen and oxygen atoms in total. The molecule has 0 aliphatic carbocycles. The maximum absolute atomic E-state index is 10.8. The van der Waals surface area contributed by atoms with E-state index in [1.54, 1.807) is 24.3 Å². The van der Waals surface area contributed by atoms with Crippen molar-refractivity contribution in [1.29, 1.82) is 0 Å². The van der Waals surface area contributed by atoms with Crippen LogP contribution in [0.1, 0.15) is 6.92 Å². The number of halogens is 1. The van der Waals surface area contributed by atoms with Gasteiger partial charge in [0.15, 0.2) is 0 Å². The van der Waals surface area contributed by atoms with E-state index in [4.69, 9.17) is 15.4 Å². The van der Waals surface area contributed by atoms with E-state index in [0.29, 0.717) is 11.5 Å². The van der Waals surface area contributed by atoms with Crippen LogP contribution in [0.5, 0.6) is 5.75 Å². The molecule has 1 aromatic carbocycles. The first-order valence-electron chi connectivity index (χ1n) is 3.55. The first kappa shape index (κ1) is 9.55. The van der Waals surface area contributed by atoms with Crippen LogP contribution in [-0.2, 0) is 10.0 Å². The average Bonchev–Trinajstić information content (AvgIpc) is 2.06. The summed E-state index contributed by atoms with van der Waals surface area (Å²) in [4.78, 5) is 0.597. The van der Waals surface area contributed by atoms with Crippen LogP contribution < -0.4 is 4.74 Å². The molecule has 0 fully saturated rings. The Balaban J connectivity index is 2.78. The molecular formula is C8H9ClO2S. The number of rotatable bonds is 3. The standard InChI is InChI=1S/C8H9ClO2S/c1-2-11-7-3-5-8(6-4-7)12(9)10/h3-6H,2H2,1H3. The summed E-state index contributed by atoms with van der Waals surface area (Å²) in [5.74, 6) is 0.767. The summed E-state index contributed by atoms with van der Waals surface area (Å²) in [5, 5.41) is 0. The van der Waals surface area contributed by atoms with E-state index in [1.807, 2.05) is 6.92 Å². The highest BCUT2D eigenvalue weighted by Gasteiger charge is 1.98. The molecule has 0 amide bonds. The molecule has 1 aromatic rings. The Hall–Kier alpha value is -0.540. The molecule has 0 aliphatic heterocycles. The lowest BCUT2D eigenvalue weighted by Crippen LogP contribution is -1.91. The molecule has 4 heteroatoms. The van der Waals surface area contributed by atoms with E-state index in [9.17, 15) is 4.21 Å². The van der Waals surface area contributed by atoms with Crippen molar-refractivity contribution in [2.24, 2.45) is 0 Å². The van der Waals surface area contributed by atoms with Crippen molar-refractivity contribution in [2.45, 2.75) is 11.8 Å². The Labute approximate surface area is 78.5 Å². The quantitative estimate of drug-likeness (QED) is 0.707. The molecule has 0 saturated carbocycles. The molecule has 0 aromatic heterocycles. The van der Waals surface area contributed by atoms with Crippen LogP contribution in [0.2, 0.25) is 0 Å². The lowest BCUT2D eigenvalue weighted by Gasteiger charge is -2.01. The van der Waals surface area contributed by atoms with Crippen molar-refractivity contribution >= 4 is 20.7 Å². The molecule has 1 rings (SSSR count). The van der Waals surface area contributed by atoms with Gasteiger partial charge in [-0.3, -0.25) is 0 Å². The minimum Gasteiger partial charge on any atom is -0.494 e. The molecule has 0 spiro atoms. The van der Waals surface area contributed by atoms with Crippen molar-refractivity contribution in [3.63, 3.8) is 0 Å². The Morgan fingerprint density at radius 2 is 2.00 bits per heavy atom. The highest BCUT2D eigenvalue weighted by Crippen LogP contribution is 2.15. The zero-order valence-electron chi connectivity index (χ0n) is 6.62. The van der Waals surface area contributed by atoms with E-state index in [0.717, 1.165) is 5.75 Å². The van der Waals surface area contributed by atoms with Crippen LogP contribution >= 0.6 is 10.7 Å². The normalized spacial score (nSPS) is 12.5. The van der Waals surface area contributed by atoms with Gasteiger partial charge in [0.25, 0.3) is 0 Å². The summed E-state index contributed by atoms with van der Waals surface area (Å²) < 4.78 is 15.9. The van der Waals surface area contributed by atoms with Gasteiger partial charge in [0.05, 0.1) is 11.5 Å². The first-order valence-corrected chi connectivity index (χ1v) is 5.52. The summed E-state index contributed by atoms with van der Waals surface area (Å²) in [6, 6.07) is 6.88. The Morgan fingerprint density at radius 3 is 2.42 bits per heavy atom. The third-order valence-electron chi connectivity index (χ3n) is 1.32. The van der Waals surface area contributed by atoms with Gasteiger partial charge in [-0.05, 0) is 41.9 Å². The van der Waals surface area contributed by atoms with Crippen LogP contribution in [0.15, 0.2) is 29.2 Å². The van der Waals surface area contributed by atoms with Crippen molar-refractivity contribution in [3.05, 3.63) is 24.3 Å². The SMILES string of the molecule is CCOc1ccc(S(=O)Cl)cc1. The lowest BCUT2D eigenvalue weighted by atomic mass is 10.3. The van der Waals surface area contributed by atoms with Crippen LogP contribution in [0.3, 0.4) is 0 Å². The van der Waals surface area contributed by atoms with Crippen LogP contribution in [-0.4, -0.2) is 10.8 Å². The average molecular weight is 205 g/mol. The third-order valence-corrected chi connectivity index (χ3v) is 2.50. The molecule has 0 aliphatic rings. The number of ether oxygens (including phenoxy) is 1. The Morgan fingerprint density at radius 1 is 1.42 bits per heavy atom. The van der Waals surface area contributed by atoms with E-state index < -0.39 is 10.0 Å². The summed E-state index contributed by atoms with van der Waals surface area (Å²) >= 11 is 0. The van der Waals surface area contributed by atoms with Gasteiger partial charge in [-0.15, -0.1) is 0 Å². The zero-order chi connectivity index (χ0) is 8.97. The van der Waals surface area contributed by atoms with Gasteiger partial charge in [-0.25, -0.2) is 4.21 Å². The largest absolute Gasteiger partial charge is 0.494 e. The lowest BCUT2D eigenvalue weighted by molar-refractivity contribution is 0.340. The molecule has 0 saturated heterocycles. The minimum absolute atomic E-state index is 0.597. The summed E-state index contributed by atoms with van der Waals surface area (Å²) in [7, 11) is 3.94. The second kappa shape index (κ2) is 4.48. The fourth-order valence-electron chi connectivity index (χ4n) is 0.810. The molecule has 0 N–H and O–H groups in total. The molecule has 0 heterocycles.